The molecule has 0 atom stereocenters. The molecule has 1 aromatic heterocycles. The number of nitrogens with one attached hydrogen (secondary N) is 1. The van der Waals surface area contributed by atoms with Gasteiger partial charge >= 0.3 is 0 Å². The lowest BCUT2D eigenvalue weighted by molar-refractivity contribution is 0.421. The normalized spacial score (nSPS) is 11.8. The molecule has 3 nitrogen and oxygen atoms in total. The quantitative estimate of drug-likeness (QED) is 0.882. The van der Waals surface area contributed by atoms with Crippen LogP contribution in [0, 0.1) is 0 Å². The smallest absolute Gasteiger partial charge is 0.181 e. The molecule has 0 spiro atoms. The van der Waals surface area contributed by atoms with E-state index in [0.29, 0.717) is 11.6 Å². The summed E-state index contributed by atoms with van der Waals surface area (Å²) in [5.74, 6) is 0.772. The molecular weight excluding hydrogens is 328 g/mol. The van der Waals surface area contributed by atoms with Gasteiger partial charge in [-0.15, -0.1) is 0 Å². The van der Waals surface area contributed by atoms with Gasteiger partial charge in [0.2, 0.25) is 0 Å². The average Bonchev–Trinajstić information content (AvgIpc) is 2.77. The lowest BCUT2D eigenvalue weighted by Gasteiger charge is -2.19. The van der Waals surface area contributed by atoms with Crippen LogP contribution >= 0.6 is 27.5 Å². The summed E-state index contributed by atoms with van der Waals surface area (Å²) in [5.41, 5.74) is 1.89. The van der Waals surface area contributed by atoms with E-state index in [9.17, 15) is 0 Å². The summed E-state index contributed by atoms with van der Waals surface area (Å²) >= 11 is 9.41. The van der Waals surface area contributed by atoms with Crippen LogP contribution in [-0.4, -0.2) is 10.5 Å². The fourth-order valence-corrected chi connectivity index (χ4v) is 2.11. The van der Waals surface area contributed by atoms with Gasteiger partial charge in [-0.25, -0.2) is 4.98 Å². The number of benzene rings is 1. The zero-order valence-corrected chi connectivity index (χ0v) is 13.5. The zero-order valence-electron chi connectivity index (χ0n) is 11.1. The van der Waals surface area contributed by atoms with Crippen LogP contribution in [0.1, 0.15) is 26.5 Å². The van der Waals surface area contributed by atoms with Crippen molar-refractivity contribution in [1.29, 1.82) is 0 Å². The van der Waals surface area contributed by atoms with Crippen LogP contribution in [0.15, 0.2) is 33.5 Å². The van der Waals surface area contributed by atoms with Crippen molar-refractivity contribution < 1.29 is 4.42 Å². The highest BCUT2D eigenvalue weighted by atomic mass is 79.9. The lowest BCUT2D eigenvalue weighted by atomic mass is 10.1. The molecule has 0 saturated carbocycles. The van der Waals surface area contributed by atoms with Gasteiger partial charge in [-0.05, 0) is 54.9 Å². The molecular formula is C14H16BrClN2O. The van der Waals surface area contributed by atoms with Crippen LogP contribution in [0.2, 0.25) is 5.02 Å². The molecule has 5 heteroatoms. The first kappa shape index (κ1) is 14.6. The Morgan fingerprint density at radius 1 is 1.37 bits per heavy atom. The van der Waals surface area contributed by atoms with Crippen LogP contribution in [0.25, 0.3) is 11.3 Å². The molecule has 0 unspecified atom stereocenters. The maximum atomic E-state index is 6.00. The van der Waals surface area contributed by atoms with E-state index in [2.05, 4.69) is 47.0 Å². The Bertz CT molecular complexity index is 575. The molecule has 2 rings (SSSR count). The van der Waals surface area contributed by atoms with Crippen LogP contribution in [0.5, 0.6) is 0 Å². The van der Waals surface area contributed by atoms with Crippen molar-refractivity contribution >= 4 is 27.5 Å². The number of hydrogen-bond donors (Lipinski definition) is 1. The van der Waals surface area contributed by atoms with E-state index in [1.165, 1.54) is 6.39 Å². The van der Waals surface area contributed by atoms with Gasteiger partial charge in [0.05, 0.1) is 5.02 Å². The molecule has 0 amide bonds. The van der Waals surface area contributed by atoms with E-state index in [1.807, 2.05) is 18.2 Å². The Hall–Kier alpha value is -0.840. The summed E-state index contributed by atoms with van der Waals surface area (Å²) in [7, 11) is 0. The fraction of sp³-hybridized carbons (Fsp3) is 0.357. The number of halogens is 2. The molecule has 1 N–H and O–H groups in total. The highest BCUT2D eigenvalue weighted by molar-refractivity contribution is 9.10. The zero-order chi connectivity index (χ0) is 14.0. The summed E-state index contributed by atoms with van der Waals surface area (Å²) < 4.78 is 6.34. The summed E-state index contributed by atoms with van der Waals surface area (Å²) in [4.78, 5) is 4.27. The fourth-order valence-electron chi connectivity index (χ4n) is 1.62. The standard InChI is InChI=1S/C14H16BrClN2O/c1-14(2,3)18-7-12-13(19-8-17-12)9-4-5-11(16)10(15)6-9/h4-6,8,18H,7H2,1-3H3. The predicted molar refractivity (Wildman–Crippen MR) is 81.2 cm³/mol. The monoisotopic (exact) mass is 342 g/mol. The average molecular weight is 344 g/mol. The van der Waals surface area contributed by atoms with Crippen LogP contribution in [-0.2, 0) is 6.54 Å². The SMILES string of the molecule is CC(C)(C)NCc1ncoc1-c1ccc(Cl)c(Br)c1. The van der Waals surface area contributed by atoms with E-state index >= 15 is 0 Å². The van der Waals surface area contributed by atoms with Gasteiger partial charge in [0.15, 0.2) is 12.2 Å². The molecule has 0 aliphatic carbocycles. The van der Waals surface area contributed by atoms with Crippen molar-refractivity contribution in [3.63, 3.8) is 0 Å². The topological polar surface area (TPSA) is 38.1 Å². The van der Waals surface area contributed by atoms with Gasteiger partial charge in [-0.1, -0.05) is 11.6 Å². The van der Waals surface area contributed by atoms with Gasteiger partial charge in [0, 0.05) is 22.1 Å². The van der Waals surface area contributed by atoms with Crippen LogP contribution < -0.4 is 5.32 Å². The summed E-state index contributed by atoms with van der Waals surface area (Å²) in [5, 5.41) is 4.08. The summed E-state index contributed by atoms with van der Waals surface area (Å²) in [6, 6.07) is 5.70. The van der Waals surface area contributed by atoms with Crippen molar-refractivity contribution in [2.24, 2.45) is 0 Å². The van der Waals surface area contributed by atoms with Gasteiger partial charge in [0.1, 0.15) is 5.69 Å². The highest BCUT2D eigenvalue weighted by Crippen LogP contribution is 2.30. The largest absolute Gasteiger partial charge is 0.443 e. The Morgan fingerprint density at radius 2 is 2.11 bits per heavy atom. The first-order valence-electron chi connectivity index (χ1n) is 5.99. The Morgan fingerprint density at radius 3 is 2.74 bits per heavy atom. The highest BCUT2D eigenvalue weighted by Gasteiger charge is 2.15. The second-order valence-electron chi connectivity index (χ2n) is 5.36. The number of rotatable bonds is 3. The second-order valence-corrected chi connectivity index (χ2v) is 6.62. The van der Waals surface area contributed by atoms with Gasteiger partial charge in [-0.3, -0.25) is 0 Å². The number of aromatic nitrogens is 1. The van der Waals surface area contributed by atoms with E-state index in [-0.39, 0.29) is 5.54 Å². The minimum atomic E-state index is 0.0385. The Kier molecular flexibility index (Phi) is 4.33. The van der Waals surface area contributed by atoms with Gasteiger partial charge < -0.3 is 9.73 Å². The third-order valence-electron chi connectivity index (χ3n) is 2.61. The Balaban J connectivity index is 2.26. The Labute approximate surface area is 126 Å². The van der Waals surface area contributed by atoms with Crippen molar-refractivity contribution in [3.05, 3.63) is 39.8 Å². The molecule has 0 fully saturated rings. The lowest BCUT2D eigenvalue weighted by Crippen LogP contribution is -2.35. The molecule has 0 aliphatic heterocycles. The molecule has 0 radical (unpaired) electrons. The molecule has 1 heterocycles. The third kappa shape index (κ3) is 3.81. The van der Waals surface area contributed by atoms with Gasteiger partial charge in [-0.2, -0.15) is 0 Å². The minimum absolute atomic E-state index is 0.0385. The summed E-state index contributed by atoms with van der Waals surface area (Å²) in [6.07, 6.45) is 1.47. The van der Waals surface area contributed by atoms with E-state index in [4.69, 9.17) is 16.0 Å². The van der Waals surface area contributed by atoms with E-state index in [1.54, 1.807) is 0 Å². The molecule has 0 bridgehead atoms. The molecule has 0 saturated heterocycles. The first-order chi connectivity index (χ1) is 8.87. The van der Waals surface area contributed by atoms with E-state index < -0.39 is 0 Å². The summed E-state index contributed by atoms with van der Waals surface area (Å²) in [6.45, 7) is 7.01. The number of oxazole rings is 1. The van der Waals surface area contributed by atoms with Gasteiger partial charge in [0.25, 0.3) is 0 Å². The van der Waals surface area contributed by atoms with Crippen LogP contribution in [0.4, 0.5) is 0 Å². The second kappa shape index (κ2) is 5.65. The van der Waals surface area contributed by atoms with Crippen molar-refractivity contribution in [2.45, 2.75) is 32.9 Å². The van der Waals surface area contributed by atoms with Crippen molar-refractivity contribution in [1.82, 2.24) is 10.3 Å². The maximum absolute atomic E-state index is 6.00. The van der Waals surface area contributed by atoms with Crippen molar-refractivity contribution in [2.75, 3.05) is 0 Å². The maximum Gasteiger partial charge on any atom is 0.181 e. The van der Waals surface area contributed by atoms with E-state index in [0.717, 1.165) is 21.5 Å². The predicted octanol–water partition coefficient (Wildman–Crippen LogP) is 4.65. The third-order valence-corrected chi connectivity index (χ3v) is 3.82. The number of hydrogen-bond acceptors (Lipinski definition) is 3. The first-order valence-corrected chi connectivity index (χ1v) is 7.17. The molecule has 1 aromatic carbocycles. The molecule has 2 aromatic rings. The molecule has 19 heavy (non-hydrogen) atoms. The van der Waals surface area contributed by atoms with Crippen molar-refractivity contribution in [3.8, 4) is 11.3 Å². The molecule has 0 aliphatic rings. The minimum Gasteiger partial charge on any atom is -0.443 e. The van der Waals surface area contributed by atoms with Crippen LogP contribution in [0.3, 0.4) is 0 Å². The number of nitrogens with zero attached hydrogens (tertiary/aromatic N) is 1. The molecule has 102 valence electrons.